The molecule has 6 heteroatoms. The zero-order valence-corrected chi connectivity index (χ0v) is 12.8. The van der Waals surface area contributed by atoms with Crippen LogP contribution in [0, 0.1) is 0 Å². The maximum Gasteiger partial charge on any atom is 0.279 e. The van der Waals surface area contributed by atoms with Crippen LogP contribution in [-0.2, 0) is 21.4 Å². The van der Waals surface area contributed by atoms with Gasteiger partial charge in [-0.3, -0.25) is 0 Å². The predicted octanol–water partition coefficient (Wildman–Crippen LogP) is 1.17. The molecule has 1 aliphatic rings. The van der Waals surface area contributed by atoms with Crippen molar-refractivity contribution in [3.8, 4) is 0 Å². The van der Waals surface area contributed by atoms with Gasteiger partial charge in [-0.05, 0) is 25.8 Å². The first kappa shape index (κ1) is 15.4. The van der Waals surface area contributed by atoms with Gasteiger partial charge in [0, 0.05) is 19.6 Å². The summed E-state index contributed by atoms with van der Waals surface area (Å²) in [4.78, 5) is 0. The molecule has 0 bridgehead atoms. The second kappa shape index (κ2) is 6.67. The van der Waals surface area contributed by atoms with Crippen molar-refractivity contribution in [3.63, 3.8) is 0 Å². The number of nitrogens with zero attached hydrogens (tertiary/aromatic N) is 1. The summed E-state index contributed by atoms with van der Waals surface area (Å²) in [5.41, 5.74) is 1.12. The van der Waals surface area contributed by atoms with Crippen LogP contribution in [0.3, 0.4) is 0 Å². The van der Waals surface area contributed by atoms with Crippen LogP contribution in [0.4, 0.5) is 0 Å². The summed E-state index contributed by atoms with van der Waals surface area (Å²) in [5, 5.41) is 0. The lowest BCUT2D eigenvalue weighted by atomic mass is 10.2. The number of morpholine rings is 1. The van der Waals surface area contributed by atoms with Crippen LogP contribution < -0.4 is 4.72 Å². The molecule has 0 aliphatic carbocycles. The van der Waals surface area contributed by atoms with E-state index in [-0.39, 0.29) is 12.2 Å². The van der Waals surface area contributed by atoms with Crippen molar-refractivity contribution >= 4 is 10.2 Å². The lowest BCUT2D eigenvalue weighted by Crippen LogP contribution is -2.52. The van der Waals surface area contributed by atoms with E-state index in [9.17, 15) is 8.42 Å². The third-order valence-corrected chi connectivity index (χ3v) is 4.81. The van der Waals surface area contributed by atoms with E-state index in [1.165, 1.54) is 4.31 Å². The first-order valence-electron chi connectivity index (χ1n) is 6.91. The van der Waals surface area contributed by atoms with Gasteiger partial charge in [-0.15, -0.1) is 0 Å². The van der Waals surface area contributed by atoms with E-state index in [0.29, 0.717) is 26.1 Å². The molecule has 1 heterocycles. The van der Waals surface area contributed by atoms with Crippen LogP contribution in [0.1, 0.15) is 19.4 Å². The highest BCUT2D eigenvalue weighted by Crippen LogP contribution is 2.13. The molecule has 0 unspecified atom stereocenters. The van der Waals surface area contributed by atoms with Gasteiger partial charge in [0.1, 0.15) is 0 Å². The van der Waals surface area contributed by atoms with Gasteiger partial charge in [-0.2, -0.15) is 12.7 Å². The van der Waals surface area contributed by atoms with E-state index in [0.717, 1.165) is 5.56 Å². The number of hydrogen-bond acceptors (Lipinski definition) is 3. The highest BCUT2D eigenvalue weighted by Gasteiger charge is 2.30. The molecule has 0 radical (unpaired) electrons. The van der Waals surface area contributed by atoms with Gasteiger partial charge in [0.2, 0.25) is 0 Å². The Bertz CT molecular complexity index is 508. The Kier molecular flexibility index (Phi) is 5.15. The SMILES string of the molecule is C[C@@H]1CN(S(=O)(=O)NCCc2ccccc2)C[C@@H](C)O1. The van der Waals surface area contributed by atoms with Gasteiger partial charge in [0.15, 0.2) is 0 Å². The summed E-state index contributed by atoms with van der Waals surface area (Å²) in [7, 11) is -3.42. The molecule has 1 aliphatic heterocycles. The van der Waals surface area contributed by atoms with Crippen LogP contribution in [-0.4, -0.2) is 44.6 Å². The van der Waals surface area contributed by atoms with Gasteiger partial charge in [0.05, 0.1) is 12.2 Å². The summed E-state index contributed by atoms with van der Waals surface area (Å²) in [6.45, 7) is 5.01. The lowest BCUT2D eigenvalue weighted by molar-refractivity contribution is -0.0443. The Morgan fingerprint density at radius 1 is 1.20 bits per heavy atom. The minimum absolute atomic E-state index is 0.0653. The molecule has 0 saturated carbocycles. The van der Waals surface area contributed by atoms with E-state index in [1.54, 1.807) is 0 Å². The molecule has 0 aromatic heterocycles. The zero-order valence-electron chi connectivity index (χ0n) is 12.0. The molecular weight excluding hydrogens is 276 g/mol. The zero-order chi connectivity index (χ0) is 14.6. The second-order valence-electron chi connectivity index (χ2n) is 5.21. The average Bonchev–Trinajstić information content (AvgIpc) is 2.38. The highest BCUT2D eigenvalue weighted by atomic mass is 32.2. The molecule has 1 aromatic carbocycles. The first-order chi connectivity index (χ1) is 9.47. The Morgan fingerprint density at radius 2 is 1.80 bits per heavy atom. The minimum Gasteiger partial charge on any atom is -0.373 e. The highest BCUT2D eigenvalue weighted by molar-refractivity contribution is 7.87. The minimum atomic E-state index is -3.42. The van der Waals surface area contributed by atoms with Gasteiger partial charge >= 0.3 is 0 Å². The van der Waals surface area contributed by atoms with Crippen LogP contribution in [0.2, 0.25) is 0 Å². The molecule has 0 spiro atoms. The molecule has 1 aromatic rings. The van der Waals surface area contributed by atoms with Gasteiger partial charge in [-0.1, -0.05) is 30.3 Å². The van der Waals surface area contributed by atoms with E-state index < -0.39 is 10.2 Å². The van der Waals surface area contributed by atoms with Crippen LogP contribution >= 0.6 is 0 Å². The largest absolute Gasteiger partial charge is 0.373 e. The van der Waals surface area contributed by atoms with Crippen molar-refractivity contribution in [3.05, 3.63) is 35.9 Å². The van der Waals surface area contributed by atoms with Crippen LogP contribution in [0.25, 0.3) is 0 Å². The molecule has 2 rings (SSSR count). The molecule has 2 atom stereocenters. The Balaban J connectivity index is 1.87. The second-order valence-corrected chi connectivity index (χ2v) is 6.96. The van der Waals surface area contributed by atoms with E-state index >= 15 is 0 Å². The van der Waals surface area contributed by atoms with Crippen LogP contribution in [0.5, 0.6) is 0 Å². The summed E-state index contributed by atoms with van der Waals surface area (Å²) < 4.78 is 34.1. The summed E-state index contributed by atoms with van der Waals surface area (Å²) in [5.74, 6) is 0. The van der Waals surface area contributed by atoms with Crippen molar-refractivity contribution in [2.24, 2.45) is 0 Å². The van der Waals surface area contributed by atoms with Crippen molar-refractivity contribution < 1.29 is 13.2 Å². The smallest absolute Gasteiger partial charge is 0.279 e. The fourth-order valence-electron chi connectivity index (χ4n) is 2.39. The maximum absolute atomic E-state index is 12.2. The predicted molar refractivity (Wildman–Crippen MR) is 78.7 cm³/mol. The Morgan fingerprint density at radius 3 is 2.40 bits per heavy atom. The Labute approximate surface area is 121 Å². The quantitative estimate of drug-likeness (QED) is 0.888. The summed E-state index contributed by atoms with van der Waals surface area (Å²) >= 11 is 0. The normalized spacial score (nSPS) is 24.7. The monoisotopic (exact) mass is 298 g/mol. The first-order valence-corrected chi connectivity index (χ1v) is 8.35. The summed E-state index contributed by atoms with van der Waals surface area (Å²) in [6.07, 6.45) is 0.559. The average molecular weight is 298 g/mol. The molecule has 20 heavy (non-hydrogen) atoms. The van der Waals surface area contributed by atoms with Crippen molar-refractivity contribution in [2.75, 3.05) is 19.6 Å². The number of hydrogen-bond donors (Lipinski definition) is 1. The van der Waals surface area contributed by atoms with Crippen LogP contribution in [0.15, 0.2) is 30.3 Å². The van der Waals surface area contributed by atoms with E-state index in [1.807, 2.05) is 44.2 Å². The van der Waals surface area contributed by atoms with E-state index in [4.69, 9.17) is 4.74 Å². The molecule has 1 saturated heterocycles. The maximum atomic E-state index is 12.2. The molecule has 0 amide bonds. The topological polar surface area (TPSA) is 58.6 Å². The molecule has 1 N–H and O–H groups in total. The fourth-order valence-corrected chi connectivity index (χ4v) is 3.74. The number of nitrogens with one attached hydrogen (secondary N) is 1. The number of ether oxygens (including phenoxy) is 1. The number of benzene rings is 1. The molecule has 112 valence electrons. The third-order valence-electron chi connectivity index (χ3n) is 3.27. The Hall–Kier alpha value is -0.950. The van der Waals surface area contributed by atoms with Crippen molar-refractivity contribution in [1.29, 1.82) is 0 Å². The lowest BCUT2D eigenvalue weighted by Gasteiger charge is -2.34. The van der Waals surface area contributed by atoms with Gasteiger partial charge in [0.25, 0.3) is 10.2 Å². The third kappa shape index (κ3) is 4.28. The van der Waals surface area contributed by atoms with Crippen molar-refractivity contribution in [2.45, 2.75) is 32.5 Å². The fraction of sp³-hybridized carbons (Fsp3) is 0.571. The van der Waals surface area contributed by atoms with E-state index in [2.05, 4.69) is 4.72 Å². The molecule has 1 fully saturated rings. The summed E-state index contributed by atoms with van der Waals surface area (Å²) in [6, 6.07) is 9.84. The number of rotatable bonds is 5. The van der Waals surface area contributed by atoms with Crippen molar-refractivity contribution in [1.82, 2.24) is 9.03 Å². The molecule has 5 nitrogen and oxygen atoms in total. The van der Waals surface area contributed by atoms with Gasteiger partial charge in [-0.25, -0.2) is 4.72 Å². The molecular formula is C14H22N2O3S. The van der Waals surface area contributed by atoms with Gasteiger partial charge < -0.3 is 4.74 Å². The standard InChI is InChI=1S/C14H22N2O3S/c1-12-10-16(11-13(2)19-12)20(17,18)15-9-8-14-6-4-3-5-7-14/h3-7,12-13,15H,8-11H2,1-2H3/t12-,13-/m1/s1.